The fraction of sp³-hybridized carbons (Fsp3) is 0.381. The van der Waals surface area contributed by atoms with E-state index in [1.807, 2.05) is 25.1 Å². The molecule has 0 amide bonds. The second kappa shape index (κ2) is 9.19. The standard InChI is InChI=1S/C21H27N5O2S/c1-6-28-19-10-8-17(12-20(19)27-5)13-24(4)14-25-21(29)26(23-22-25)18-9-7-15(2)16(3)11-18/h7-12H,6,13-14H2,1-5H3/p+1. The van der Waals surface area contributed by atoms with E-state index in [2.05, 4.69) is 49.5 Å². The fourth-order valence-corrected chi connectivity index (χ4v) is 3.39. The van der Waals surface area contributed by atoms with E-state index in [4.69, 9.17) is 21.7 Å². The lowest BCUT2D eigenvalue weighted by molar-refractivity contribution is -0.917. The van der Waals surface area contributed by atoms with E-state index in [1.165, 1.54) is 16.0 Å². The molecule has 154 valence electrons. The molecule has 3 rings (SSSR count). The van der Waals surface area contributed by atoms with Crippen molar-refractivity contribution in [2.45, 2.75) is 34.0 Å². The minimum Gasteiger partial charge on any atom is -0.493 e. The molecule has 0 aliphatic carbocycles. The third-order valence-electron chi connectivity index (χ3n) is 4.83. The van der Waals surface area contributed by atoms with Crippen LogP contribution in [-0.4, -0.2) is 40.6 Å². The molecule has 0 radical (unpaired) electrons. The Balaban J connectivity index is 1.73. The molecule has 0 bridgehead atoms. The van der Waals surface area contributed by atoms with Crippen molar-refractivity contribution in [1.29, 1.82) is 0 Å². The number of nitrogens with one attached hydrogen (secondary N) is 1. The zero-order valence-electron chi connectivity index (χ0n) is 17.6. The Morgan fingerprint density at radius 3 is 2.52 bits per heavy atom. The van der Waals surface area contributed by atoms with E-state index >= 15 is 0 Å². The normalized spacial score (nSPS) is 12.0. The number of aromatic nitrogens is 4. The maximum atomic E-state index is 5.60. The summed E-state index contributed by atoms with van der Waals surface area (Å²) in [5.74, 6) is 1.50. The van der Waals surface area contributed by atoms with Gasteiger partial charge in [-0.3, -0.25) is 0 Å². The van der Waals surface area contributed by atoms with Crippen molar-refractivity contribution >= 4 is 12.2 Å². The van der Waals surface area contributed by atoms with E-state index in [0.717, 1.165) is 29.3 Å². The van der Waals surface area contributed by atoms with Crippen LogP contribution in [0.15, 0.2) is 36.4 Å². The first-order valence-corrected chi connectivity index (χ1v) is 10.0. The van der Waals surface area contributed by atoms with Crippen molar-refractivity contribution in [2.75, 3.05) is 20.8 Å². The molecule has 7 nitrogen and oxygen atoms in total. The maximum Gasteiger partial charge on any atom is 0.225 e. The third-order valence-corrected chi connectivity index (χ3v) is 5.21. The molecule has 1 aromatic heterocycles. The van der Waals surface area contributed by atoms with Crippen molar-refractivity contribution in [3.05, 3.63) is 57.9 Å². The van der Waals surface area contributed by atoms with Crippen molar-refractivity contribution in [1.82, 2.24) is 19.8 Å². The Morgan fingerprint density at radius 2 is 1.83 bits per heavy atom. The molecule has 8 heteroatoms. The van der Waals surface area contributed by atoms with Crippen LogP contribution in [0.1, 0.15) is 23.6 Å². The van der Waals surface area contributed by atoms with Crippen LogP contribution in [0.4, 0.5) is 0 Å². The van der Waals surface area contributed by atoms with Gasteiger partial charge in [0, 0.05) is 5.56 Å². The minimum atomic E-state index is 0.580. The van der Waals surface area contributed by atoms with Gasteiger partial charge in [-0.2, -0.15) is 9.36 Å². The van der Waals surface area contributed by atoms with Crippen LogP contribution in [0.5, 0.6) is 11.5 Å². The topological polar surface area (TPSA) is 58.5 Å². The summed E-state index contributed by atoms with van der Waals surface area (Å²) in [5.41, 5.74) is 4.52. The number of nitrogens with zero attached hydrogens (tertiary/aromatic N) is 4. The number of hydrogen-bond donors (Lipinski definition) is 1. The van der Waals surface area contributed by atoms with E-state index < -0.39 is 0 Å². The number of quaternary nitrogens is 1. The van der Waals surface area contributed by atoms with Crippen LogP contribution >= 0.6 is 12.2 Å². The molecule has 1 unspecified atom stereocenters. The molecule has 1 atom stereocenters. The number of ether oxygens (including phenoxy) is 2. The number of methoxy groups -OCH3 is 1. The smallest absolute Gasteiger partial charge is 0.225 e. The first-order valence-electron chi connectivity index (χ1n) is 9.64. The lowest BCUT2D eigenvalue weighted by Gasteiger charge is -2.15. The summed E-state index contributed by atoms with van der Waals surface area (Å²) in [6, 6.07) is 12.2. The summed E-state index contributed by atoms with van der Waals surface area (Å²) >= 11 is 5.60. The number of tetrazole rings is 1. The van der Waals surface area contributed by atoms with Crippen LogP contribution in [0.2, 0.25) is 0 Å². The average Bonchev–Trinajstić information content (AvgIpc) is 3.05. The Morgan fingerprint density at radius 1 is 1.03 bits per heavy atom. The van der Waals surface area contributed by atoms with E-state index in [0.29, 0.717) is 18.0 Å². The molecule has 0 saturated heterocycles. The van der Waals surface area contributed by atoms with Gasteiger partial charge in [0.15, 0.2) is 18.2 Å². The predicted octanol–water partition coefficient (Wildman–Crippen LogP) is 2.49. The molecule has 0 aliphatic heterocycles. The first-order chi connectivity index (χ1) is 13.9. The van der Waals surface area contributed by atoms with Crippen molar-refractivity contribution in [3.8, 4) is 17.2 Å². The highest BCUT2D eigenvalue weighted by Gasteiger charge is 2.13. The van der Waals surface area contributed by atoms with Gasteiger partial charge in [0.2, 0.25) is 4.77 Å². The van der Waals surface area contributed by atoms with Crippen LogP contribution in [0.25, 0.3) is 5.69 Å². The van der Waals surface area contributed by atoms with Crippen molar-refractivity contribution in [2.24, 2.45) is 0 Å². The summed E-state index contributed by atoms with van der Waals surface area (Å²) in [6.07, 6.45) is 0. The number of benzene rings is 2. The molecule has 2 aromatic carbocycles. The molecule has 1 heterocycles. The second-order valence-corrected chi connectivity index (χ2v) is 7.52. The molecule has 0 aliphatic rings. The van der Waals surface area contributed by atoms with Crippen LogP contribution in [0, 0.1) is 18.6 Å². The Hall–Kier alpha value is -2.71. The summed E-state index contributed by atoms with van der Waals surface area (Å²) in [5, 5.41) is 8.51. The summed E-state index contributed by atoms with van der Waals surface area (Å²) in [7, 11) is 3.75. The van der Waals surface area contributed by atoms with Crippen LogP contribution in [0.3, 0.4) is 0 Å². The van der Waals surface area contributed by atoms with Crippen LogP contribution < -0.4 is 14.4 Å². The van der Waals surface area contributed by atoms with Crippen LogP contribution in [-0.2, 0) is 13.2 Å². The zero-order valence-corrected chi connectivity index (χ0v) is 18.4. The van der Waals surface area contributed by atoms with Gasteiger partial charge in [-0.15, -0.1) is 0 Å². The van der Waals surface area contributed by atoms with E-state index in [-0.39, 0.29) is 0 Å². The largest absolute Gasteiger partial charge is 0.493 e. The molecule has 3 aromatic rings. The molecule has 1 N–H and O–H groups in total. The number of aryl methyl sites for hydroxylation is 2. The number of hydrogen-bond acceptors (Lipinski definition) is 5. The summed E-state index contributed by atoms with van der Waals surface area (Å²) in [6.45, 7) is 8.13. The number of rotatable bonds is 8. The quantitative estimate of drug-likeness (QED) is 0.574. The van der Waals surface area contributed by atoms with Gasteiger partial charge < -0.3 is 14.4 Å². The Bertz CT molecular complexity index is 1040. The highest BCUT2D eigenvalue weighted by atomic mass is 32.1. The minimum absolute atomic E-state index is 0.580. The molecule has 0 spiro atoms. The average molecular weight is 415 g/mol. The molecule has 0 saturated carbocycles. The SMILES string of the molecule is CCOc1ccc(C[NH+](C)Cn2nnn(-c3ccc(C)c(C)c3)c2=S)cc1OC. The van der Waals surface area contributed by atoms with Crippen molar-refractivity contribution < 1.29 is 14.4 Å². The fourth-order valence-electron chi connectivity index (χ4n) is 3.15. The van der Waals surface area contributed by atoms with Gasteiger partial charge in [0.25, 0.3) is 0 Å². The molecule has 0 fully saturated rings. The first kappa shape index (κ1) is 21.0. The monoisotopic (exact) mass is 414 g/mol. The second-order valence-electron chi connectivity index (χ2n) is 7.15. The Kier molecular flexibility index (Phi) is 6.66. The van der Waals surface area contributed by atoms with Crippen molar-refractivity contribution in [3.63, 3.8) is 0 Å². The van der Waals surface area contributed by atoms with Gasteiger partial charge in [-0.25, -0.2) is 0 Å². The van der Waals surface area contributed by atoms with Gasteiger partial charge in [0.1, 0.15) is 6.54 Å². The molecular formula is C21H28N5O2S+. The van der Waals surface area contributed by atoms with Gasteiger partial charge >= 0.3 is 0 Å². The van der Waals surface area contributed by atoms with Gasteiger partial charge in [-0.05, 0) is 84.9 Å². The highest BCUT2D eigenvalue weighted by Crippen LogP contribution is 2.27. The van der Waals surface area contributed by atoms with Gasteiger partial charge in [-0.1, -0.05) is 6.07 Å². The maximum absolute atomic E-state index is 5.60. The predicted molar refractivity (Wildman–Crippen MR) is 114 cm³/mol. The summed E-state index contributed by atoms with van der Waals surface area (Å²) in [4.78, 5) is 1.22. The third kappa shape index (κ3) is 4.83. The van der Waals surface area contributed by atoms with E-state index in [1.54, 1.807) is 16.5 Å². The van der Waals surface area contributed by atoms with Gasteiger partial charge in [0.05, 0.1) is 26.5 Å². The Labute approximate surface area is 176 Å². The summed E-state index contributed by atoms with van der Waals surface area (Å²) < 4.78 is 15.1. The van der Waals surface area contributed by atoms with E-state index in [9.17, 15) is 0 Å². The lowest BCUT2D eigenvalue weighted by Crippen LogP contribution is -3.07. The zero-order chi connectivity index (χ0) is 21.0. The molecule has 29 heavy (non-hydrogen) atoms. The molecular weight excluding hydrogens is 386 g/mol. The lowest BCUT2D eigenvalue weighted by atomic mass is 10.1. The highest BCUT2D eigenvalue weighted by molar-refractivity contribution is 7.71.